The topological polar surface area (TPSA) is 90.0 Å². The van der Waals surface area contributed by atoms with Crippen molar-refractivity contribution in [2.24, 2.45) is 11.7 Å². The zero-order chi connectivity index (χ0) is 17.6. The van der Waals surface area contributed by atoms with E-state index in [4.69, 9.17) is 5.73 Å². The highest BCUT2D eigenvalue weighted by Crippen LogP contribution is 2.23. The van der Waals surface area contributed by atoms with Crippen LogP contribution in [0.2, 0.25) is 0 Å². The van der Waals surface area contributed by atoms with Crippen LogP contribution in [-0.2, 0) is 6.54 Å². The Morgan fingerprint density at radius 3 is 2.62 bits per heavy atom. The number of benzene rings is 1. The number of rotatable bonds is 5. The smallest absolute Gasteiger partial charge is 0.271 e. The van der Waals surface area contributed by atoms with Gasteiger partial charge in [-0.05, 0) is 36.9 Å². The molecule has 1 aliphatic rings. The quantitative estimate of drug-likeness (QED) is 0.834. The first-order valence-electron chi connectivity index (χ1n) is 8.80. The fourth-order valence-corrected chi connectivity index (χ4v) is 3.36. The van der Waals surface area contributed by atoms with Crippen LogP contribution in [-0.4, -0.2) is 28.3 Å². The van der Waals surface area contributed by atoms with Crippen LogP contribution >= 0.6 is 12.4 Å². The monoisotopic (exact) mass is 376 g/mol. The lowest BCUT2D eigenvalue weighted by molar-refractivity contribution is 0.0900. The summed E-state index contributed by atoms with van der Waals surface area (Å²) in [5.41, 5.74) is 6.83. The molecule has 26 heavy (non-hydrogen) atoms. The van der Waals surface area contributed by atoms with Gasteiger partial charge in [-0.2, -0.15) is 5.10 Å². The zero-order valence-electron chi connectivity index (χ0n) is 14.6. The first kappa shape index (κ1) is 20.1. The number of aromatic nitrogens is 2. The van der Waals surface area contributed by atoms with Crippen LogP contribution < -0.4 is 16.6 Å². The predicted octanol–water partition coefficient (Wildman–Crippen LogP) is 1.96. The molecular weight excluding hydrogens is 352 g/mol. The molecule has 2 aromatic rings. The number of carbonyl (C=O) groups is 1. The van der Waals surface area contributed by atoms with Gasteiger partial charge in [-0.1, -0.05) is 43.2 Å². The first-order valence-corrected chi connectivity index (χ1v) is 8.80. The van der Waals surface area contributed by atoms with Gasteiger partial charge in [0.05, 0.1) is 6.54 Å². The van der Waals surface area contributed by atoms with Crippen LogP contribution in [0.4, 0.5) is 0 Å². The summed E-state index contributed by atoms with van der Waals surface area (Å²) < 4.78 is 1.32. The molecule has 0 radical (unpaired) electrons. The van der Waals surface area contributed by atoms with Crippen molar-refractivity contribution in [3.8, 4) is 0 Å². The van der Waals surface area contributed by atoms with E-state index in [0.717, 1.165) is 31.2 Å². The largest absolute Gasteiger partial charge is 0.348 e. The molecule has 3 rings (SSSR count). The molecule has 1 aromatic carbocycles. The number of nitrogens with one attached hydrogen (secondary N) is 1. The van der Waals surface area contributed by atoms with E-state index in [1.807, 2.05) is 30.3 Å². The van der Waals surface area contributed by atoms with Gasteiger partial charge in [0.1, 0.15) is 5.69 Å². The van der Waals surface area contributed by atoms with Gasteiger partial charge in [0, 0.05) is 12.1 Å². The van der Waals surface area contributed by atoms with Gasteiger partial charge in [-0.15, -0.1) is 12.4 Å². The van der Waals surface area contributed by atoms with Crippen molar-refractivity contribution in [1.82, 2.24) is 15.1 Å². The summed E-state index contributed by atoms with van der Waals surface area (Å²) in [4.78, 5) is 24.6. The van der Waals surface area contributed by atoms with E-state index in [9.17, 15) is 9.59 Å². The highest BCUT2D eigenvalue weighted by Gasteiger charge is 2.26. The molecule has 1 fully saturated rings. The van der Waals surface area contributed by atoms with Crippen molar-refractivity contribution >= 4 is 18.3 Å². The van der Waals surface area contributed by atoms with Crippen LogP contribution in [0.15, 0.2) is 47.3 Å². The fraction of sp³-hybridized carbons (Fsp3) is 0.421. The second kappa shape index (κ2) is 9.50. The SMILES string of the molecule is Cl.NCC1CCCCC1NC(=O)c1ccc(=O)n(Cc2ccccc2)n1. The highest BCUT2D eigenvalue weighted by molar-refractivity contribution is 5.92. The number of nitrogens with two attached hydrogens (primary N) is 1. The van der Waals surface area contributed by atoms with E-state index < -0.39 is 0 Å². The second-order valence-corrected chi connectivity index (χ2v) is 6.56. The predicted molar refractivity (Wildman–Crippen MR) is 104 cm³/mol. The Balaban J connectivity index is 0.00000243. The Labute approximate surface area is 159 Å². The zero-order valence-corrected chi connectivity index (χ0v) is 15.5. The molecule has 3 N–H and O–H groups in total. The summed E-state index contributed by atoms with van der Waals surface area (Å²) in [7, 11) is 0. The maximum Gasteiger partial charge on any atom is 0.271 e. The summed E-state index contributed by atoms with van der Waals surface area (Å²) in [6.45, 7) is 0.918. The highest BCUT2D eigenvalue weighted by atomic mass is 35.5. The molecule has 0 spiro atoms. The number of hydrogen-bond acceptors (Lipinski definition) is 4. The van der Waals surface area contributed by atoms with Crippen LogP contribution in [0, 0.1) is 5.92 Å². The third kappa shape index (κ3) is 4.93. The Kier molecular flexibility index (Phi) is 7.36. The molecule has 1 aliphatic carbocycles. The number of carbonyl (C=O) groups excluding carboxylic acids is 1. The van der Waals surface area contributed by atoms with Crippen LogP contribution in [0.5, 0.6) is 0 Å². The molecule has 7 heteroatoms. The Hall–Kier alpha value is -2.18. The number of amides is 1. The van der Waals surface area contributed by atoms with Crippen molar-refractivity contribution in [1.29, 1.82) is 0 Å². The molecular formula is C19H25ClN4O2. The van der Waals surface area contributed by atoms with Gasteiger partial charge in [-0.25, -0.2) is 4.68 Å². The molecule has 1 saturated carbocycles. The first-order chi connectivity index (χ1) is 12.2. The van der Waals surface area contributed by atoms with E-state index in [0.29, 0.717) is 19.0 Å². The van der Waals surface area contributed by atoms with E-state index in [2.05, 4.69) is 10.4 Å². The molecule has 0 saturated heterocycles. The van der Waals surface area contributed by atoms with Crippen molar-refractivity contribution < 1.29 is 4.79 Å². The lowest BCUT2D eigenvalue weighted by Crippen LogP contribution is -2.45. The molecule has 1 amide bonds. The van der Waals surface area contributed by atoms with Gasteiger partial charge in [0.2, 0.25) is 0 Å². The minimum Gasteiger partial charge on any atom is -0.348 e. The van der Waals surface area contributed by atoms with E-state index in [1.54, 1.807) is 0 Å². The number of hydrogen-bond donors (Lipinski definition) is 2. The van der Waals surface area contributed by atoms with Crippen molar-refractivity contribution in [3.63, 3.8) is 0 Å². The standard InChI is InChI=1S/C19H24N4O2.ClH/c20-12-15-8-4-5-9-16(15)21-19(25)17-10-11-18(24)23(22-17)13-14-6-2-1-3-7-14;/h1-3,6-7,10-11,15-16H,4-5,8-9,12-13,20H2,(H,21,25);1H. The average molecular weight is 377 g/mol. The molecule has 0 aliphatic heterocycles. The van der Waals surface area contributed by atoms with Gasteiger partial charge in [-0.3, -0.25) is 9.59 Å². The molecule has 2 unspecified atom stereocenters. The molecule has 140 valence electrons. The van der Waals surface area contributed by atoms with Crippen molar-refractivity contribution in [2.45, 2.75) is 38.3 Å². The lowest BCUT2D eigenvalue weighted by Gasteiger charge is -2.31. The van der Waals surface area contributed by atoms with E-state index in [-0.39, 0.29) is 35.6 Å². The Morgan fingerprint density at radius 1 is 1.15 bits per heavy atom. The third-order valence-corrected chi connectivity index (χ3v) is 4.80. The average Bonchev–Trinajstić information content (AvgIpc) is 2.65. The van der Waals surface area contributed by atoms with Crippen molar-refractivity contribution in [3.05, 3.63) is 64.1 Å². The maximum absolute atomic E-state index is 12.6. The van der Waals surface area contributed by atoms with Crippen molar-refractivity contribution in [2.75, 3.05) is 6.54 Å². The van der Waals surface area contributed by atoms with Gasteiger partial charge < -0.3 is 11.1 Å². The molecule has 6 nitrogen and oxygen atoms in total. The Morgan fingerprint density at radius 2 is 1.88 bits per heavy atom. The number of halogens is 1. The third-order valence-electron chi connectivity index (χ3n) is 4.80. The molecule has 2 atom stereocenters. The van der Waals surface area contributed by atoms with E-state index >= 15 is 0 Å². The minimum atomic E-state index is -0.243. The van der Waals surface area contributed by atoms with E-state index in [1.165, 1.54) is 16.8 Å². The van der Waals surface area contributed by atoms with Gasteiger partial charge in [0.25, 0.3) is 11.5 Å². The van der Waals surface area contributed by atoms with Gasteiger partial charge in [0.15, 0.2) is 0 Å². The summed E-state index contributed by atoms with van der Waals surface area (Å²) in [6, 6.07) is 12.6. The summed E-state index contributed by atoms with van der Waals surface area (Å²) >= 11 is 0. The fourth-order valence-electron chi connectivity index (χ4n) is 3.36. The normalized spacial score (nSPS) is 19.4. The van der Waals surface area contributed by atoms with Crippen LogP contribution in [0.1, 0.15) is 41.7 Å². The molecule has 1 aromatic heterocycles. The summed E-state index contributed by atoms with van der Waals surface area (Å²) in [6.07, 6.45) is 4.25. The lowest BCUT2D eigenvalue weighted by atomic mass is 9.84. The molecule has 0 bridgehead atoms. The minimum absolute atomic E-state index is 0. The number of nitrogens with zero attached hydrogens (tertiary/aromatic N) is 2. The summed E-state index contributed by atoms with van der Waals surface area (Å²) in [5, 5.41) is 7.29. The van der Waals surface area contributed by atoms with Crippen LogP contribution in [0.25, 0.3) is 0 Å². The van der Waals surface area contributed by atoms with Gasteiger partial charge >= 0.3 is 0 Å². The second-order valence-electron chi connectivity index (χ2n) is 6.56. The maximum atomic E-state index is 12.6. The molecule has 1 heterocycles. The Bertz CT molecular complexity index is 779. The van der Waals surface area contributed by atoms with Crippen LogP contribution in [0.3, 0.4) is 0 Å². The summed E-state index contributed by atoms with van der Waals surface area (Å²) in [5.74, 6) is 0.0695.